The number of aliphatic imine (C=N–C) groups is 1. The summed E-state index contributed by atoms with van der Waals surface area (Å²) in [6, 6.07) is 0.545. The third kappa shape index (κ3) is 21.2. The number of nitrogens with zero attached hydrogens (tertiary/aromatic N) is 1. The summed E-state index contributed by atoms with van der Waals surface area (Å²) in [5.74, 6) is 6.38. The molecule has 4 aliphatic carbocycles. The number of rotatable bonds is 14. The van der Waals surface area contributed by atoms with E-state index >= 15 is 0 Å². The first-order valence-electron chi connectivity index (χ1n) is 23.3. The third-order valence-electron chi connectivity index (χ3n) is 13.5. The van der Waals surface area contributed by atoms with Gasteiger partial charge in [0.2, 0.25) is 0 Å². The summed E-state index contributed by atoms with van der Waals surface area (Å²) in [5.41, 5.74) is 7.70. The van der Waals surface area contributed by atoms with Gasteiger partial charge in [-0.1, -0.05) is 133 Å². The molecule has 4 saturated carbocycles. The Labute approximate surface area is 375 Å². The first-order valence-corrected chi connectivity index (χ1v) is 23.3. The van der Waals surface area contributed by atoms with Gasteiger partial charge >= 0.3 is 0 Å². The molecule has 0 spiro atoms. The van der Waals surface area contributed by atoms with E-state index in [2.05, 4.69) is 92.6 Å². The summed E-state index contributed by atoms with van der Waals surface area (Å²) in [6.07, 6.45) is 39.1. The predicted molar refractivity (Wildman–Crippen MR) is 243 cm³/mol. The molecule has 4 fully saturated rings. The van der Waals surface area contributed by atoms with Crippen molar-refractivity contribution in [3.63, 3.8) is 0 Å². The minimum atomic E-state index is 0. The molecule has 3 heteroatoms. The van der Waals surface area contributed by atoms with Crippen molar-refractivity contribution in [2.24, 2.45) is 63.0 Å². The second kappa shape index (κ2) is 33.0. The molecule has 2 nitrogen and oxygen atoms in total. The monoisotopic (exact) mass is 878 g/mol. The van der Waals surface area contributed by atoms with Gasteiger partial charge in [-0.3, -0.25) is 11.1 Å². The number of hydrogen-bond donors (Lipinski definition) is 1. The van der Waals surface area contributed by atoms with Gasteiger partial charge in [0.15, 0.2) is 0 Å². The second-order valence-corrected chi connectivity index (χ2v) is 18.6. The van der Waals surface area contributed by atoms with Gasteiger partial charge in [0.05, 0.1) is 12.4 Å². The van der Waals surface area contributed by atoms with E-state index in [1.54, 1.807) is 0 Å². The van der Waals surface area contributed by atoms with Gasteiger partial charge in [0.25, 0.3) is 0 Å². The van der Waals surface area contributed by atoms with Crippen molar-refractivity contribution in [3.05, 3.63) is 37.0 Å². The van der Waals surface area contributed by atoms with Crippen LogP contribution in [-0.2, 0) is 0 Å². The fourth-order valence-electron chi connectivity index (χ4n) is 10.9. The van der Waals surface area contributed by atoms with Gasteiger partial charge in [-0.2, -0.15) is 6.42 Å². The van der Waals surface area contributed by atoms with E-state index in [0.29, 0.717) is 16.9 Å². The fourth-order valence-corrected chi connectivity index (χ4v) is 10.9. The van der Waals surface area contributed by atoms with Crippen LogP contribution in [0.3, 0.4) is 0 Å². The predicted octanol–water partition coefficient (Wildman–Crippen LogP) is 16.6. The van der Waals surface area contributed by atoms with Crippen LogP contribution in [-0.4, -0.2) is 12.4 Å². The number of hydrogen-bond acceptors (Lipinski definition) is 1. The van der Waals surface area contributed by atoms with E-state index in [9.17, 15) is 0 Å². The van der Waals surface area contributed by atoms with Crippen molar-refractivity contribution < 1.29 is 41.7 Å². The molecule has 0 amide bonds. The van der Waals surface area contributed by atoms with Crippen LogP contribution < -0.4 is 5.73 Å². The van der Waals surface area contributed by atoms with Crippen molar-refractivity contribution in [3.8, 4) is 0 Å². The molecule has 0 aliphatic heterocycles. The topological polar surface area (TPSA) is 38.4 Å². The number of unbranched alkanes of at least 4 members (excludes halogenated alkanes) is 1. The second-order valence-electron chi connectivity index (χ2n) is 18.6. The molecule has 4 aliphatic rings. The Morgan fingerprint density at radius 2 is 1.50 bits per heavy atom. The van der Waals surface area contributed by atoms with Crippen LogP contribution in [0.2, 0.25) is 0 Å². The Balaban J connectivity index is 0. The Hall–Kier alpha value is 0.0666. The SMILES string of the molecule is C=CCC1C(C2(C)CCC(CC(C)CC(=C)C)CC2)CCC2(C)C(CCCCC(C)C)CCC12.CC.CC=[C-]CC.CCC.NC=NC1CCCCC1.[Ce]. The van der Waals surface area contributed by atoms with Crippen LogP contribution in [0.25, 0.3) is 0 Å². The number of allylic oxidation sites excluding steroid dienone is 4. The van der Waals surface area contributed by atoms with Crippen molar-refractivity contribution >= 4 is 6.34 Å². The zero-order chi connectivity index (χ0) is 40.3. The normalized spacial score (nSPS) is 29.8. The first-order chi connectivity index (χ1) is 25.3. The zero-order valence-corrected chi connectivity index (χ0v) is 42.0. The quantitative estimate of drug-likeness (QED) is 0.0610. The number of fused-ring (bicyclic) bond motifs is 1. The van der Waals surface area contributed by atoms with E-state index in [-0.39, 0.29) is 41.7 Å². The molecular weight excluding hydrogens is 781 g/mol. The zero-order valence-electron chi connectivity index (χ0n) is 38.8. The van der Waals surface area contributed by atoms with E-state index in [1.807, 2.05) is 26.8 Å². The molecule has 0 bridgehead atoms. The Bertz CT molecular complexity index is 953. The van der Waals surface area contributed by atoms with Crippen molar-refractivity contribution in [1.82, 2.24) is 0 Å². The minimum Gasteiger partial charge on any atom is -0.501 e. The molecule has 6 atom stereocenters. The Morgan fingerprint density at radius 1 is 0.889 bits per heavy atom. The summed E-state index contributed by atoms with van der Waals surface area (Å²) < 4.78 is 0. The van der Waals surface area contributed by atoms with Crippen molar-refractivity contribution in [1.29, 1.82) is 0 Å². The van der Waals surface area contributed by atoms with Crippen LogP contribution in [0.4, 0.5) is 0 Å². The van der Waals surface area contributed by atoms with E-state index in [0.717, 1.165) is 47.8 Å². The van der Waals surface area contributed by atoms with Crippen molar-refractivity contribution in [2.45, 2.75) is 230 Å². The molecule has 0 aromatic heterocycles. The number of nitrogens with two attached hydrogens (primary N) is 1. The van der Waals surface area contributed by atoms with E-state index < -0.39 is 0 Å². The van der Waals surface area contributed by atoms with Gasteiger partial charge in [-0.25, -0.2) is 0 Å². The Kier molecular flexibility index (Phi) is 34.3. The first kappa shape index (κ1) is 56.2. The maximum Gasteiger partial charge on any atom is 0.0801 e. The fraction of sp³-hybridized carbons (Fsp3) is 0.863. The third-order valence-corrected chi connectivity index (χ3v) is 13.5. The molecule has 6 unspecified atom stereocenters. The molecule has 0 aromatic rings. The van der Waals surface area contributed by atoms with Gasteiger partial charge < -0.3 is 11.8 Å². The molecule has 0 radical (unpaired) electrons. The summed E-state index contributed by atoms with van der Waals surface area (Å²) in [6.45, 7) is 35.5. The Morgan fingerprint density at radius 3 is 1.98 bits per heavy atom. The molecule has 2 N–H and O–H groups in total. The van der Waals surface area contributed by atoms with E-state index in [4.69, 9.17) is 5.73 Å². The van der Waals surface area contributed by atoms with Gasteiger partial charge in [-0.05, 0) is 149 Å². The molecule has 0 saturated heterocycles. The van der Waals surface area contributed by atoms with Crippen LogP contribution in [0.15, 0.2) is 35.9 Å². The standard InChI is InChI=1S/C34H60.C7H14N2.C5H9.C3H8.C2H6.Ce/c1-9-12-30-31(33(7)20-17-28(18-21-33)24-27(6)23-26(4)5)19-22-34(8)29(15-16-32(30)34)14-11-10-13-25(2)3;8-6-9-7-4-2-1-3-5-7;1-3-5-4-2;1-3-2;1-2;/h9,25,27-32H,1,4,10-24H2,2-3,5-8H3;6-7H,1-5H2,(H2,8,9);3H,4H2,1-2H3;3H2,1-2H3;1-2H3;/q;;-1;;;. The summed E-state index contributed by atoms with van der Waals surface area (Å²) in [7, 11) is 0. The van der Waals surface area contributed by atoms with Crippen LogP contribution in [0.1, 0.15) is 224 Å². The molecule has 316 valence electrons. The van der Waals surface area contributed by atoms with Gasteiger partial charge in [0.1, 0.15) is 0 Å². The molecule has 0 aromatic carbocycles. The van der Waals surface area contributed by atoms with Gasteiger partial charge in [0, 0.05) is 41.7 Å². The van der Waals surface area contributed by atoms with Crippen LogP contribution >= 0.6 is 0 Å². The largest absolute Gasteiger partial charge is 0.501 e. The average Bonchev–Trinajstić information content (AvgIpc) is 3.46. The maximum absolute atomic E-state index is 5.17. The van der Waals surface area contributed by atoms with Gasteiger partial charge in [-0.15, -0.1) is 13.2 Å². The smallest absolute Gasteiger partial charge is 0.0801 e. The molecule has 0 heterocycles. The van der Waals surface area contributed by atoms with Crippen molar-refractivity contribution in [2.75, 3.05) is 0 Å². The average molecular weight is 878 g/mol. The maximum atomic E-state index is 5.17. The molecular formula is C51H97CeN2-. The summed E-state index contributed by atoms with van der Waals surface area (Å²) in [4.78, 5) is 4.14. The molecule has 4 rings (SSSR count). The van der Waals surface area contributed by atoms with E-state index in [1.165, 1.54) is 147 Å². The van der Waals surface area contributed by atoms with Crippen LogP contribution in [0, 0.1) is 100 Å². The molecule has 54 heavy (non-hydrogen) atoms. The minimum absolute atomic E-state index is 0. The van der Waals surface area contributed by atoms with Crippen LogP contribution in [0.5, 0.6) is 0 Å². The summed E-state index contributed by atoms with van der Waals surface area (Å²) in [5, 5.41) is 0. The summed E-state index contributed by atoms with van der Waals surface area (Å²) >= 11 is 0.